The second-order valence-electron chi connectivity index (χ2n) is 5.81. The number of benzene rings is 1. The molecule has 0 atom stereocenters. The fourth-order valence-corrected chi connectivity index (χ4v) is 2.70. The van der Waals surface area contributed by atoms with Gasteiger partial charge in [-0.1, -0.05) is 26.0 Å². The van der Waals surface area contributed by atoms with Crippen molar-refractivity contribution >= 4 is 23.9 Å². The summed E-state index contributed by atoms with van der Waals surface area (Å²) < 4.78 is 5.36. The first-order chi connectivity index (χ1) is 11.8. The highest BCUT2D eigenvalue weighted by molar-refractivity contribution is 7.71. The van der Waals surface area contributed by atoms with E-state index >= 15 is 0 Å². The summed E-state index contributed by atoms with van der Waals surface area (Å²) in [6, 6.07) is 4.71. The van der Waals surface area contributed by atoms with Crippen LogP contribution >= 0.6 is 12.2 Å². The molecule has 0 saturated heterocycles. The molecule has 0 aliphatic carbocycles. The zero-order chi connectivity index (χ0) is 18.7. The molecule has 0 aliphatic rings. The van der Waals surface area contributed by atoms with Crippen molar-refractivity contribution in [2.24, 2.45) is 0 Å². The number of ether oxygens (including phenoxy) is 1. The highest BCUT2D eigenvalue weighted by Crippen LogP contribution is 2.31. The van der Waals surface area contributed by atoms with Crippen LogP contribution in [0.4, 0.5) is 5.69 Å². The number of nitro groups is 1. The van der Waals surface area contributed by atoms with Crippen molar-refractivity contribution in [1.82, 2.24) is 9.97 Å². The molecule has 0 amide bonds. The van der Waals surface area contributed by atoms with Gasteiger partial charge in [-0.05, 0) is 32.0 Å². The molecule has 132 valence electrons. The molecule has 0 aliphatic heterocycles. The van der Waals surface area contributed by atoms with Crippen LogP contribution in [0.2, 0.25) is 0 Å². The molecule has 2 aromatic rings. The molecular weight excluding hydrogens is 342 g/mol. The number of hydrogen-bond donors (Lipinski definition) is 1. The van der Waals surface area contributed by atoms with E-state index in [9.17, 15) is 14.9 Å². The first kappa shape index (κ1) is 18.7. The summed E-state index contributed by atoms with van der Waals surface area (Å²) in [6.07, 6.45) is 0. The average Bonchev–Trinajstić information content (AvgIpc) is 2.54. The lowest BCUT2D eigenvalue weighted by Crippen LogP contribution is -2.14. The highest BCUT2D eigenvalue weighted by Gasteiger charge is 2.24. The van der Waals surface area contributed by atoms with Crippen LogP contribution in [0, 0.1) is 21.8 Å². The number of carbonyl (C=O) groups excluding carboxylic acids is 1. The van der Waals surface area contributed by atoms with Gasteiger partial charge in [-0.2, -0.15) is 0 Å². The molecule has 1 aromatic carbocycles. The molecule has 2 rings (SSSR count). The summed E-state index contributed by atoms with van der Waals surface area (Å²) in [5, 5.41) is 11.2. The van der Waals surface area contributed by atoms with Crippen molar-refractivity contribution in [1.29, 1.82) is 0 Å². The predicted octanol–water partition coefficient (Wildman–Crippen LogP) is 4.32. The first-order valence-electron chi connectivity index (χ1n) is 7.83. The minimum Gasteiger partial charge on any atom is -0.462 e. The van der Waals surface area contributed by atoms with Gasteiger partial charge in [0, 0.05) is 22.9 Å². The van der Waals surface area contributed by atoms with Crippen LogP contribution in [0.25, 0.3) is 11.3 Å². The SMILES string of the molecule is CCOC(=O)c1c(-c2ccc(C)c([N+](=O)[O-])c2)nc(=S)[nH]c1C(C)C. The Hall–Kier alpha value is -2.61. The fraction of sp³-hybridized carbons (Fsp3) is 0.353. The van der Waals surface area contributed by atoms with E-state index in [1.807, 2.05) is 13.8 Å². The molecule has 0 spiro atoms. The van der Waals surface area contributed by atoms with Crippen LogP contribution in [0.5, 0.6) is 0 Å². The topological polar surface area (TPSA) is 98.1 Å². The summed E-state index contributed by atoms with van der Waals surface area (Å²) in [4.78, 5) is 30.5. The Morgan fingerprint density at radius 3 is 2.68 bits per heavy atom. The van der Waals surface area contributed by atoms with Crippen LogP contribution in [-0.4, -0.2) is 27.5 Å². The third-order valence-corrected chi connectivity index (χ3v) is 3.89. The van der Waals surface area contributed by atoms with Gasteiger partial charge in [-0.15, -0.1) is 0 Å². The van der Waals surface area contributed by atoms with Crippen molar-refractivity contribution in [2.75, 3.05) is 6.61 Å². The fourth-order valence-electron chi connectivity index (χ4n) is 2.50. The van der Waals surface area contributed by atoms with Crippen LogP contribution in [0.15, 0.2) is 18.2 Å². The standard InChI is InChI=1S/C17H19N3O4S/c1-5-24-16(21)13-14(9(2)3)18-17(25)19-15(13)11-7-6-10(4)12(8-11)20(22)23/h6-9H,5H2,1-4H3,(H,18,19,25). The number of rotatable bonds is 5. The Morgan fingerprint density at radius 2 is 2.12 bits per heavy atom. The number of H-pyrrole nitrogens is 1. The summed E-state index contributed by atoms with van der Waals surface area (Å²) >= 11 is 5.17. The summed E-state index contributed by atoms with van der Waals surface area (Å²) in [7, 11) is 0. The largest absolute Gasteiger partial charge is 0.462 e. The van der Waals surface area contributed by atoms with Crippen LogP contribution in [0.1, 0.15) is 48.3 Å². The molecular formula is C17H19N3O4S. The van der Waals surface area contributed by atoms with Crippen molar-refractivity contribution < 1.29 is 14.5 Å². The Labute approximate surface area is 150 Å². The minimum atomic E-state index is -0.539. The van der Waals surface area contributed by atoms with Crippen molar-refractivity contribution in [3.05, 3.63) is 49.9 Å². The van der Waals surface area contributed by atoms with Crippen LogP contribution < -0.4 is 0 Å². The van der Waals surface area contributed by atoms with E-state index in [-0.39, 0.29) is 34.2 Å². The van der Waals surface area contributed by atoms with Gasteiger partial charge >= 0.3 is 5.97 Å². The highest BCUT2D eigenvalue weighted by atomic mass is 32.1. The first-order valence-corrected chi connectivity index (χ1v) is 8.23. The van der Waals surface area contributed by atoms with Gasteiger partial charge in [-0.25, -0.2) is 9.78 Å². The van der Waals surface area contributed by atoms with Gasteiger partial charge in [-0.3, -0.25) is 10.1 Å². The minimum absolute atomic E-state index is 0.0386. The maximum Gasteiger partial charge on any atom is 0.342 e. The zero-order valence-corrected chi connectivity index (χ0v) is 15.3. The Balaban J connectivity index is 2.80. The van der Waals surface area contributed by atoms with Crippen LogP contribution in [-0.2, 0) is 4.74 Å². The second kappa shape index (κ2) is 7.52. The van der Waals surface area contributed by atoms with E-state index < -0.39 is 10.9 Å². The maximum absolute atomic E-state index is 12.5. The molecule has 25 heavy (non-hydrogen) atoms. The smallest absolute Gasteiger partial charge is 0.342 e. The normalized spacial score (nSPS) is 10.8. The van der Waals surface area contributed by atoms with E-state index in [1.54, 1.807) is 26.0 Å². The number of nitrogens with one attached hydrogen (secondary N) is 1. The van der Waals surface area contributed by atoms with Gasteiger partial charge in [0.2, 0.25) is 0 Å². The van der Waals surface area contributed by atoms with Gasteiger partial charge in [0.1, 0.15) is 5.56 Å². The van der Waals surface area contributed by atoms with E-state index in [0.29, 0.717) is 16.8 Å². The number of aromatic amines is 1. The molecule has 0 saturated carbocycles. The van der Waals surface area contributed by atoms with Crippen molar-refractivity contribution in [3.8, 4) is 11.3 Å². The Kier molecular flexibility index (Phi) is 5.63. The van der Waals surface area contributed by atoms with Gasteiger partial charge in [0.25, 0.3) is 5.69 Å². The quantitative estimate of drug-likeness (QED) is 0.368. The summed E-state index contributed by atoms with van der Waals surface area (Å²) in [5.41, 5.74) is 2.06. The zero-order valence-electron chi connectivity index (χ0n) is 14.5. The molecule has 1 N–H and O–H groups in total. The van der Waals surface area contributed by atoms with E-state index in [2.05, 4.69) is 9.97 Å². The Bertz CT molecular complexity index is 890. The van der Waals surface area contributed by atoms with E-state index in [1.165, 1.54) is 6.07 Å². The number of hydrogen-bond acceptors (Lipinski definition) is 6. The van der Waals surface area contributed by atoms with E-state index in [4.69, 9.17) is 17.0 Å². The molecule has 0 bridgehead atoms. The average molecular weight is 361 g/mol. The van der Waals surface area contributed by atoms with Gasteiger partial charge in [0.15, 0.2) is 4.77 Å². The van der Waals surface area contributed by atoms with E-state index in [0.717, 1.165) is 0 Å². The number of aromatic nitrogens is 2. The Morgan fingerprint density at radius 1 is 1.44 bits per heavy atom. The maximum atomic E-state index is 12.5. The number of aryl methyl sites for hydroxylation is 1. The second-order valence-corrected chi connectivity index (χ2v) is 6.20. The summed E-state index contributed by atoms with van der Waals surface area (Å²) in [5.74, 6) is -0.577. The third-order valence-electron chi connectivity index (χ3n) is 3.70. The number of nitrogens with zero attached hydrogens (tertiary/aromatic N) is 2. The van der Waals surface area contributed by atoms with Gasteiger partial charge < -0.3 is 9.72 Å². The lowest BCUT2D eigenvalue weighted by atomic mass is 9.97. The summed E-state index contributed by atoms with van der Waals surface area (Å²) in [6.45, 7) is 7.38. The molecule has 1 aromatic heterocycles. The van der Waals surface area contributed by atoms with Crippen molar-refractivity contribution in [3.63, 3.8) is 0 Å². The lowest BCUT2D eigenvalue weighted by molar-refractivity contribution is -0.385. The number of nitro benzene ring substituents is 1. The number of esters is 1. The van der Waals surface area contributed by atoms with Crippen molar-refractivity contribution in [2.45, 2.75) is 33.6 Å². The molecule has 0 radical (unpaired) electrons. The predicted molar refractivity (Wildman–Crippen MR) is 96.3 cm³/mol. The monoisotopic (exact) mass is 361 g/mol. The molecule has 0 fully saturated rings. The third kappa shape index (κ3) is 3.90. The molecule has 1 heterocycles. The lowest BCUT2D eigenvalue weighted by Gasteiger charge is -2.15. The van der Waals surface area contributed by atoms with Crippen LogP contribution in [0.3, 0.4) is 0 Å². The molecule has 0 unspecified atom stereocenters. The van der Waals surface area contributed by atoms with Gasteiger partial charge in [0.05, 0.1) is 17.2 Å². The number of carbonyl (C=O) groups is 1. The molecule has 7 nitrogen and oxygen atoms in total. The molecule has 8 heteroatoms.